The Labute approximate surface area is 152 Å². The fourth-order valence-corrected chi connectivity index (χ4v) is 2.78. The average Bonchev–Trinajstić information content (AvgIpc) is 3.06. The second kappa shape index (κ2) is 8.28. The van der Waals surface area contributed by atoms with Crippen LogP contribution >= 0.6 is 0 Å². The van der Waals surface area contributed by atoms with Crippen LogP contribution in [0.2, 0.25) is 0 Å². The second-order valence-corrected chi connectivity index (χ2v) is 6.41. The summed E-state index contributed by atoms with van der Waals surface area (Å²) in [6, 6.07) is -3.84. The van der Waals surface area contributed by atoms with Crippen LogP contribution in [0.15, 0.2) is 4.52 Å². The summed E-state index contributed by atoms with van der Waals surface area (Å²) < 4.78 is 5.02. The molecule has 2 amide bonds. The molecular weight excluding hydrogens is 366 g/mol. The van der Waals surface area contributed by atoms with E-state index in [0.29, 0.717) is 12.8 Å². The van der Waals surface area contributed by atoms with Crippen molar-refractivity contribution in [3.8, 4) is 0 Å². The molecule has 13 nitrogen and oxygen atoms in total. The minimum absolute atomic E-state index is 0.0158. The number of carbonyl (C=O) groups excluding carboxylic acids is 1. The number of carbonyl (C=O) groups is 3. The van der Waals surface area contributed by atoms with E-state index in [9.17, 15) is 14.4 Å². The Kier molecular flexibility index (Phi) is 6.30. The first-order chi connectivity index (χ1) is 12.7. The molecule has 8 N–H and O–H groups in total. The maximum atomic E-state index is 11.9. The third-order valence-electron chi connectivity index (χ3n) is 4.22. The Morgan fingerprint density at radius 1 is 1.26 bits per heavy atom. The molecule has 2 atom stereocenters. The van der Waals surface area contributed by atoms with Crippen molar-refractivity contribution in [1.29, 1.82) is 0 Å². The number of hydrogen-bond donors (Lipinski definition) is 7. The first kappa shape index (κ1) is 20.5. The highest BCUT2D eigenvalue weighted by atomic mass is 16.5. The Morgan fingerprint density at radius 2 is 1.93 bits per heavy atom. The maximum absolute atomic E-state index is 11.9. The summed E-state index contributed by atoms with van der Waals surface area (Å²) in [6.07, 6.45) is 0.246. The number of hydrogen-bond acceptors (Lipinski definition) is 9. The van der Waals surface area contributed by atoms with Gasteiger partial charge in [-0.15, -0.1) is 0 Å². The minimum Gasteiger partial charge on any atom is -0.481 e. The van der Waals surface area contributed by atoms with Crippen LogP contribution in [0.3, 0.4) is 0 Å². The van der Waals surface area contributed by atoms with Crippen molar-refractivity contribution in [3.05, 3.63) is 11.7 Å². The first-order valence-corrected chi connectivity index (χ1v) is 8.04. The number of aromatic nitrogens is 2. The van der Waals surface area contributed by atoms with Crippen molar-refractivity contribution in [3.63, 3.8) is 0 Å². The lowest BCUT2D eigenvalue weighted by molar-refractivity contribution is -0.140. The van der Waals surface area contributed by atoms with E-state index in [2.05, 4.69) is 15.5 Å². The summed E-state index contributed by atoms with van der Waals surface area (Å²) in [5, 5.41) is 43.8. The van der Waals surface area contributed by atoms with E-state index in [4.69, 9.17) is 30.7 Å². The first-order valence-electron chi connectivity index (χ1n) is 8.04. The molecule has 0 spiro atoms. The molecule has 27 heavy (non-hydrogen) atoms. The van der Waals surface area contributed by atoms with Crippen LogP contribution in [0.25, 0.3) is 0 Å². The lowest BCUT2D eigenvalue weighted by Crippen LogP contribution is -2.51. The zero-order valence-corrected chi connectivity index (χ0v) is 14.2. The van der Waals surface area contributed by atoms with Gasteiger partial charge in [-0.25, -0.2) is 9.59 Å². The normalized spacial score (nSPS) is 23.7. The number of nitrogens with zero attached hydrogens (tertiary/aromatic N) is 2. The highest BCUT2D eigenvalue weighted by molar-refractivity contribution is 5.83. The lowest BCUT2D eigenvalue weighted by atomic mass is 9.69. The minimum atomic E-state index is -1.56. The van der Waals surface area contributed by atoms with Crippen LogP contribution in [0.4, 0.5) is 4.79 Å². The number of carboxylic acid groups (broad SMARTS) is 2. The van der Waals surface area contributed by atoms with Gasteiger partial charge in [0.15, 0.2) is 11.9 Å². The number of aliphatic carboxylic acids is 2. The van der Waals surface area contributed by atoms with Crippen molar-refractivity contribution < 1.29 is 39.3 Å². The summed E-state index contributed by atoms with van der Waals surface area (Å²) in [5.41, 5.74) is 5.21. The van der Waals surface area contributed by atoms with Gasteiger partial charge in [-0.05, 0) is 18.8 Å². The zero-order chi connectivity index (χ0) is 20.2. The molecule has 2 rings (SSSR count). The highest BCUT2D eigenvalue weighted by Crippen LogP contribution is 2.42. The van der Waals surface area contributed by atoms with Crippen molar-refractivity contribution in [2.75, 3.05) is 13.2 Å². The molecule has 0 aromatic carbocycles. The van der Waals surface area contributed by atoms with E-state index < -0.39 is 48.6 Å². The second-order valence-electron chi connectivity index (χ2n) is 6.41. The van der Waals surface area contributed by atoms with Crippen molar-refractivity contribution in [2.45, 2.75) is 36.9 Å². The molecule has 0 radical (unpaired) electrons. The Morgan fingerprint density at radius 3 is 2.44 bits per heavy atom. The smallest absolute Gasteiger partial charge is 0.328 e. The molecule has 1 aromatic rings. The Bertz CT molecular complexity index is 701. The highest BCUT2D eigenvalue weighted by Gasteiger charge is 2.46. The number of aliphatic hydroxyl groups is 2. The van der Waals surface area contributed by atoms with Crippen LogP contribution in [-0.2, 0) is 15.1 Å². The molecule has 1 saturated carbocycles. The van der Waals surface area contributed by atoms with Crippen LogP contribution < -0.4 is 16.4 Å². The molecule has 13 heteroatoms. The van der Waals surface area contributed by atoms with E-state index in [0.717, 1.165) is 0 Å². The molecule has 2 unspecified atom stereocenters. The van der Waals surface area contributed by atoms with Crippen LogP contribution in [0.1, 0.15) is 37.0 Å². The standard InChI is InChI=1S/C14H21N5O8/c15-14(2-6(3-14)4-20)12-18-10(27-19-12)7(1-9(22)23)16-13(26)17-8(5-21)11(24)25/h6-8,20-21H,1-5,15H2,(H,22,23)(H,24,25)(H2,16,17,26). The summed E-state index contributed by atoms with van der Waals surface area (Å²) >= 11 is 0. The average molecular weight is 387 g/mol. The molecule has 1 aliphatic rings. The fourth-order valence-electron chi connectivity index (χ4n) is 2.78. The molecule has 150 valence electrons. The van der Waals surface area contributed by atoms with Gasteiger partial charge >= 0.3 is 18.0 Å². The van der Waals surface area contributed by atoms with Gasteiger partial charge in [0.25, 0.3) is 0 Å². The van der Waals surface area contributed by atoms with Gasteiger partial charge in [-0.3, -0.25) is 4.79 Å². The SMILES string of the molecule is NC1(c2noc(C(CC(=O)O)NC(=O)NC(CO)C(=O)O)n2)CC(CO)C1. The van der Waals surface area contributed by atoms with Gasteiger partial charge in [-0.1, -0.05) is 5.16 Å². The molecular formula is C14H21N5O8. The molecule has 1 aliphatic carbocycles. The summed E-state index contributed by atoms with van der Waals surface area (Å²) in [7, 11) is 0. The number of nitrogens with one attached hydrogen (secondary N) is 2. The maximum Gasteiger partial charge on any atom is 0.328 e. The van der Waals surface area contributed by atoms with E-state index in [-0.39, 0.29) is 24.2 Å². The van der Waals surface area contributed by atoms with Gasteiger partial charge in [-0.2, -0.15) is 4.98 Å². The van der Waals surface area contributed by atoms with Gasteiger partial charge < -0.3 is 41.3 Å². The Balaban J connectivity index is 2.09. The van der Waals surface area contributed by atoms with E-state index in [1.807, 2.05) is 5.32 Å². The number of rotatable bonds is 9. The molecule has 0 bridgehead atoms. The number of amides is 2. The molecule has 0 saturated heterocycles. The van der Waals surface area contributed by atoms with Crippen LogP contribution in [-0.4, -0.2) is 67.8 Å². The molecule has 1 aromatic heterocycles. The van der Waals surface area contributed by atoms with Gasteiger partial charge in [0.05, 0.1) is 18.6 Å². The third-order valence-corrected chi connectivity index (χ3v) is 4.22. The summed E-state index contributed by atoms with van der Waals surface area (Å²) in [4.78, 5) is 37.9. The largest absolute Gasteiger partial charge is 0.481 e. The summed E-state index contributed by atoms with van der Waals surface area (Å²) in [5.74, 6) is -2.81. The molecule has 1 fully saturated rings. The van der Waals surface area contributed by atoms with Crippen molar-refractivity contribution in [2.24, 2.45) is 11.7 Å². The third kappa shape index (κ3) is 4.90. The van der Waals surface area contributed by atoms with Gasteiger partial charge in [0.2, 0.25) is 5.89 Å². The number of aliphatic hydroxyl groups excluding tert-OH is 2. The van der Waals surface area contributed by atoms with Crippen LogP contribution in [0, 0.1) is 5.92 Å². The zero-order valence-electron chi connectivity index (χ0n) is 14.2. The molecule has 1 heterocycles. The predicted molar refractivity (Wildman–Crippen MR) is 85.1 cm³/mol. The van der Waals surface area contributed by atoms with Gasteiger partial charge in [0, 0.05) is 6.61 Å². The number of nitrogens with two attached hydrogens (primary N) is 1. The quantitative estimate of drug-likeness (QED) is 0.243. The van der Waals surface area contributed by atoms with E-state index in [1.165, 1.54) is 0 Å². The van der Waals surface area contributed by atoms with E-state index in [1.54, 1.807) is 0 Å². The lowest BCUT2D eigenvalue weighted by Gasteiger charge is -2.41. The number of urea groups is 1. The molecule has 0 aliphatic heterocycles. The topological polar surface area (TPSA) is 221 Å². The van der Waals surface area contributed by atoms with Crippen molar-refractivity contribution >= 4 is 18.0 Å². The van der Waals surface area contributed by atoms with Crippen molar-refractivity contribution in [1.82, 2.24) is 20.8 Å². The predicted octanol–water partition coefficient (Wildman–Crippen LogP) is -2.11. The Hall–Kier alpha value is -2.77. The van der Waals surface area contributed by atoms with Gasteiger partial charge in [0.1, 0.15) is 6.04 Å². The van der Waals surface area contributed by atoms with Crippen LogP contribution in [0.5, 0.6) is 0 Å². The fraction of sp³-hybridized carbons (Fsp3) is 0.643. The number of carboxylic acids is 2. The monoisotopic (exact) mass is 387 g/mol. The summed E-state index contributed by atoms with van der Waals surface area (Å²) in [6.45, 7) is -0.874. The van der Waals surface area contributed by atoms with E-state index >= 15 is 0 Å².